The maximum Gasteiger partial charge on any atom is 0.241 e. The summed E-state index contributed by atoms with van der Waals surface area (Å²) in [6.07, 6.45) is 0.331. The molecule has 1 aromatic carbocycles. The Kier molecular flexibility index (Phi) is 6.14. The largest absolute Gasteiger partial charge is 0.379 e. The fourth-order valence-corrected chi connectivity index (χ4v) is 2.71. The van der Waals surface area contributed by atoms with Gasteiger partial charge >= 0.3 is 0 Å². The third-order valence-electron chi connectivity index (χ3n) is 4.39. The van der Waals surface area contributed by atoms with Crippen LogP contribution < -0.4 is 4.90 Å². The van der Waals surface area contributed by atoms with Gasteiger partial charge in [0.05, 0.1) is 32.2 Å². The number of benzene rings is 1. The van der Waals surface area contributed by atoms with Crippen LogP contribution in [0.3, 0.4) is 0 Å². The number of nitrogens with zero attached hydrogens (tertiary/aromatic N) is 3. The van der Waals surface area contributed by atoms with Crippen LogP contribution >= 0.6 is 0 Å². The van der Waals surface area contributed by atoms with Gasteiger partial charge in [-0.2, -0.15) is 5.26 Å². The average molecular weight is 315 g/mol. The van der Waals surface area contributed by atoms with Crippen LogP contribution in [0.5, 0.6) is 0 Å². The normalized spacial score (nSPS) is 18.4. The molecule has 5 heteroatoms. The Balaban J connectivity index is 2.14. The van der Waals surface area contributed by atoms with Gasteiger partial charge in [-0.25, -0.2) is 0 Å². The van der Waals surface area contributed by atoms with Gasteiger partial charge in [0.1, 0.15) is 0 Å². The van der Waals surface area contributed by atoms with Crippen molar-refractivity contribution in [2.75, 3.05) is 37.7 Å². The maximum absolute atomic E-state index is 12.8. The molecule has 0 aromatic heterocycles. The topological polar surface area (TPSA) is 56.6 Å². The van der Waals surface area contributed by atoms with Gasteiger partial charge in [-0.3, -0.25) is 9.69 Å². The van der Waals surface area contributed by atoms with Crippen LogP contribution in [0.4, 0.5) is 5.69 Å². The highest BCUT2D eigenvalue weighted by atomic mass is 16.5. The molecule has 1 amide bonds. The van der Waals surface area contributed by atoms with Crippen LogP contribution in [0.1, 0.15) is 24.5 Å². The van der Waals surface area contributed by atoms with Crippen molar-refractivity contribution in [1.82, 2.24) is 4.90 Å². The van der Waals surface area contributed by atoms with Gasteiger partial charge in [-0.15, -0.1) is 0 Å². The molecule has 124 valence electrons. The average Bonchev–Trinajstić information content (AvgIpc) is 2.53. The van der Waals surface area contributed by atoms with Crippen molar-refractivity contribution >= 4 is 11.6 Å². The summed E-state index contributed by atoms with van der Waals surface area (Å²) in [4.78, 5) is 16.7. The minimum absolute atomic E-state index is 0.0391. The number of rotatable bonds is 5. The van der Waals surface area contributed by atoms with Crippen molar-refractivity contribution in [2.45, 2.75) is 33.2 Å². The van der Waals surface area contributed by atoms with E-state index in [9.17, 15) is 4.79 Å². The second-order valence-electron chi connectivity index (χ2n) is 6.12. The predicted molar refractivity (Wildman–Crippen MR) is 90.4 cm³/mol. The fourth-order valence-electron chi connectivity index (χ4n) is 2.71. The van der Waals surface area contributed by atoms with Crippen LogP contribution in [0.15, 0.2) is 18.2 Å². The molecule has 0 radical (unpaired) electrons. The van der Waals surface area contributed by atoms with Crippen LogP contribution in [-0.2, 0) is 9.53 Å². The lowest BCUT2D eigenvalue weighted by atomic mass is 10.1. The molecular formula is C18H25N3O2. The van der Waals surface area contributed by atoms with Crippen molar-refractivity contribution in [3.05, 3.63) is 29.3 Å². The first kappa shape index (κ1) is 17.5. The maximum atomic E-state index is 12.8. The Morgan fingerprint density at radius 3 is 2.87 bits per heavy atom. The Labute approximate surface area is 138 Å². The summed E-state index contributed by atoms with van der Waals surface area (Å²) in [6, 6.07) is 8.38. The first-order valence-electron chi connectivity index (χ1n) is 8.09. The molecule has 0 spiro atoms. The number of nitriles is 1. The van der Waals surface area contributed by atoms with Crippen molar-refractivity contribution in [3.63, 3.8) is 0 Å². The minimum Gasteiger partial charge on any atom is -0.379 e. The number of carbonyl (C=O) groups is 1. The highest BCUT2D eigenvalue weighted by Gasteiger charge is 2.24. The van der Waals surface area contributed by atoms with E-state index in [1.54, 1.807) is 4.90 Å². The minimum atomic E-state index is 0.0391. The van der Waals surface area contributed by atoms with Crippen LogP contribution in [0, 0.1) is 25.2 Å². The first-order chi connectivity index (χ1) is 11.0. The zero-order chi connectivity index (χ0) is 16.8. The zero-order valence-electron chi connectivity index (χ0n) is 14.2. The van der Waals surface area contributed by atoms with Gasteiger partial charge in [0, 0.05) is 24.8 Å². The molecule has 1 fully saturated rings. The number of morpholine rings is 1. The number of hydrogen-bond donors (Lipinski definition) is 0. The highest BCUT2D eigenvalue weighted by molar-refractivity contribution is 5.95. The van der Waals surface area contributed by atoms with E-state index in [1.807, 2.05) is 25.1 Å². The highest BCUT2D eigenvalue weighted by Crippen LogP contribution is 2.20. The van der Waals surface area contributed by atoms with E-state index in [0.717, 1.165) is 17.8 Å². The number of aryl methyl sites for hydroxylation is 2. The quantitative estimate of drug-likeness (QED) is 0.836. The molecule has 1 heterocycles. The molecule has 2 rings (SSSR count). The summed E-state index contributed by atoms with van der Waals surface area (Å²) in [6.45, 7) is 9.05. The lowest BCUT2D eigenvalue weighted by molar-refractivity contribution is -0.121. The molecule has 0 N–H and O–H groups in total. The number of ether oxygens (including phenoxy) is 1. The predicted octanol–water partition coefficient (Wildman–Crippen LogP) is 2.27. The third kappa shape index (κ3) is 4.54. The SMILES string of the molecule is Cc1ccc(N(CCC#N)C(=O)CN2CCOC[C@@H]2C)cc1C. The van der Waals surface area contributed by atoms with E-state index in [1.165, 1.54) is 5.56 Å². The van der Waals surface area contributed by atoms with Crippen molar-refractivity contribution in [1.29, 1.82) is 5.26 Å². The van der Waals surface area contributed by atoms with E-state index in [4.69, 9.17) is 10.00 Å². The van der Waals surface area contributed by atoms with Gasteiger partial charge < -0.3 is 9.64 Å². The summed E-state index contributed by atoms with van der Waals surface area (Å²) in [7, 11) is 0. The van der Waals surface area contributed by atoms with Gasteiger partial charge in [0.15, 0.2) is 0 Å². The van der Waals surface area contributed by atoms with E-state index >= 15 is 0 Å². The zero-order valence-corrected chi connectivity index (χ0v) is 14.2. The summed E-state index contributed by atoms with van der Waals surface area (Å²) in [5.41, 5.74) is 3.22. The van der Waals surface area contributed by atoms with Crippen molar-refractivity contribution in [2.24, 2.45) is 0 Å². The Morgan fingerprint density at radius 2 is 2.22 bits per heavy atom. The second kappa shape index (κ2) is 8.09. The molecule has 1 saturated heterocycles. The lowest BCUT2D eigenvalue weighted by Crippen LogP contribution is -2.49. The molecule has 0 saturated carbocycles. The Bertz CT molecular complexity index is 594. The molecule has 1 aliphatic heterocycles. The van der Waals surface area contributed by atoms with Gasteiger partial charge in [0.2, 0.25) is 5.91 Å². The molecule has 1 atom stereocenters. The van der Waals surface area contributed by atoms with Gasteiger partial charge in [-0.05, 0) is 44.0 Å². The number of hydrogen-bond acceptors (Lipinski definition) is 4. The van der Waals surface area contributed by atoms with E-state index < -0.39 is 0 Å². The van der Waals surface area contributed by atoms with E-state index in [-0.39, 0.29) is 11.9 Å². The van der Waals surface area contributed by atoms with Crippen LogP contribution in [0.25, 0.3) is 0 Å². The Hall–Kier alpha value is -1.90. The van der Waals surface area contributed by atoms with Crippen LogP contribution in [-0.4, -0.2) is 49.7 Å². The molecule has 1 aliphatic rings. The number of carbonyl (C=O) groups excluding carboxylic acids is 1. The molecule has 0 unspecified atom stereocenters. The second-order valence-corrected chi connectivity index (χ2v) is 6.12. The van der Waals surface area contributed by atoms with Crippen molar-refractivity contribution in [3.8, 4) is 6.07 Å². The fraction of sp³-hybridized carbons (Fsp3) is 0.556. The van der Waals surface area contributed by atoms with Gasteiger partial charge in [0.25, 0.3) is 0 Å². The lowest BCUT2D eigenvalue weighted by Gasteiger charge is -2.34. The van der Waals surface area contributed by atoms with Gasteiger partial charge in [-0.1, -0.05) is 6.07 Å². The summed E-state index contributed by atoms with van der Waals surface area (Å²) < 4.78 is 5.42. The molecular weight excluding hydrogens is 290 g/mol. The number of amides is 1. The Morgan fingerprint density at radius 1 is 1.43 bits per heavy atom. The smallest absolute Gasteiger partial charge is 0.241 e. The number of anilines is 1. The third-order valence-corrected chi connectivity index (χ3v) is 4.39. The monoisotopic (exact) mass is 315 g/mol. The van der Waals surface area contributed by atoms with Crippen LogP contribution in [0.2, 0.25) is 0 Å². The molecule has 1 aromatic rings. The molecule has 0 aliphatic carbocycles. The van der Waals surface area contributed by atoms with Crippen molar-refractivity contribution < 1.29 is 9.53 Å². The summed E-state index contributed by atoms with van der Waals surface area (Å²) in [5.74, 6) is 0.0391. The first-order valence-corrected chi connectivity index (χ1v) is 8.09. The molecule has 23 heavy (non-hydrogen) atoms. The summed E-state index contributed by atoms with van der Waals surface area (Å²) >= 11 is 0. The summed E-state index contributed by atoms with van der Waals surface area (Å²) in [5, 5.41) is 8.89. The molecule has 5 nitrogen and oxygen atoms in total. The molecule has 0 bridgehead atoms. The van der Waals surface area contributed by atoms with E-state index in [0.29, 0.717) is 32.7 Å². The standard InChI is InChI=1S/C18H25N3O2/c1-14-5-6-17(11-15(14)2)21(8-4-7-19)18(22)12-20-9-10-23-13-16(20)3/h5-6,11,16H,4,8-10,12-13H2,1-3H3/t16-/m0/s1. The van der Waals surface area contributed by atoms with E-state index in [2.05, 4.69) is 24.8 Å².